The Kier molecular flexibility index (Phi) is 4.05. The topological polar surface area (TPSA) is 32.3 Å². The van der Waals surface area contributed by atoms with Crippen LogP contribution in [0, 0.1) is 12.8 Å². The first-order valence-electron chi connectivity index (χ1n) is 6.23. The number of urea groups is 1. The average molecular weight is 252 g/mol. The minimum Gasteiger partial charge on any atom is -0.333 e. The molecule has 94 valence electrons. The van der Waals surface area contributed by atoms with Gasteiger partial charge in [0, 0.05) is 22.8 Å². The van der Waals surface area contributed by atoms with Crippen LogP contribution in [0.25, 0.3) is 0 Å². The summed E-state index contributed by atoms with van der Waals surface area (Å²) in [7, 11) is 0. The van der Waals surface area contributed by atoms with E-state index in [1.54, 1.807) is 11.3 Å². The Hall–Kier alpha value is -1.03. The molecule has 3 nitrogen and oxygen atoms in total. The molecule has 17 heavy (non-hydrogen) atoms. The Balaban J connectivity index is 1.77. The van der Waals surface area contributed by atoms with Crippen molar-refractivity contribution in [3.8, 4) is 0 Å². The highest BCUT2D eigenvalue weighted by Gasteiger charge is 2.19. The van der Waals surface area contributed by atoms with Crippen LogP contribution in [0.2, 0.25) is 0 Å². The number of carbonyl (C=O) groups excluding carboxylic acids is 1. The quantitative estimate of drug-likeness (QED) is 0.862. The van der Waals surface area contributed by atoms with E-state index in [1.807, 2.05) is 4.90 Å². The maximum absolute atomic E-state index is 11.9. The molecule has 2 heterocycles. The predicted octanol–water partition coefficient (Wildman–Crippen LogP) is 3.00. The monoisotopic (exact) mass is 252 g/mol. The second-order valence-corrected chi connectivity index (χ2v) is 6.21. The third kappa shape index (κ3) is 3.46. The Morgan fingerprint density at radius 3 is 2.76 bits per heavy atom. The molecule has 1 aromatic heterocycles. The van der Waals surface area contributed by atoms with Crippen molar-refractivity contribution in [2.45, 2.75) is 33.2 Å². The van der Waals surface area contributed by atoms with E-state index in [0.29, 0.717) is 6.54 Å². The van der Waals surface area contributed by atoms with Gasteiger partial charge < -0.3 is 10.2 Å². The van der Waals surface area contributed by atoms with Crippen molar-refractivity contribution in [3.63, 3.8) is 0 Å². The lowest BCUT2D eigenvalue weighted by atomic mass is 10.00. The van der Waals surface area contributed by atoms with Crippen LogP contribution >= 0.6 is 11.3 Å². The van der Waals surface area contributed by atoms with E-state index in [4.69, 9.17) is 0 Å². The molecule has 0 aromatic carbocycles. The minimum atomic E-state index is 0.0861. The summed E-state index contributed by atoms with van der Waals surface area (Å²) in [6.07, 6.45) is 2.26. The molecule has 0 unspecified atom stereocenters. The van der Waals surface area contributed by atoms with Crippen LogP contribution in [-0.2, 0) is 6.54 Å². The molecule has 1 N–H and O–H groups in total. The second kappa shape index (κ2) is 5.54. The number of aryl methyl sites for hydroxylation is 1. The predicted molar refractivity (Wildman–Crippen MR) is 71.3 cm³/mol. The zero-order valence-electron chi connectivity index (χ0n) is 10.5. The van der Waals surface area contributed by atoms with Gasteiger partial charge in [-0.3, -0.25) is 0 Å². The van der Waals surface area contributed by atoms with Crippen molar-refractivity contribution >= 4 is 17.4 Å². The fourth-order valence-corrected chi connectivity index (χ4v) is 2.90. The number of piperidine rings is 1. The molecule has 1 aliphatic rings. The lowest BCUT2D eigenvalue weighted by Crippen LogP contribution is -2.43. The van der Waals surface area contributed by atoms with Gasteiger partial charge in [0.05, 0.1) is 6.54 Å². The Morgan fingerprint density at radius 1 is 1.47 bits per heavy atom. The van der Waals surface area contributed by atoms with Crippen LogP contribution in [0.15, 0.2) is 12.1 Å². The van der Waals surface area contributed by atoms with Gasteiger partial charge in [0.1, 0.15) is 0 Å². The molecule has 0 bridgehead atoms. The summed E-state index contributed by atoms with van der Waals surface area (Å²) in [6, 6.07) is 4.26. The fourth-order valence-electron chi connectivity index (χ4n) is 2.07. The van der Waals surface area contributed by atoms with Crippen molar-refractivity contribution < 1.29 is 4.79 Å². The summed E-state index contributed by atoms with van der Waals surface area (Å²) in [5.41, 5.74) is 0. The summed E-state index contributed by atoms with van der Waals surface area (Å²) in [4.78, 5) is 16.4. The third-order valence-electron chi connectivity index (χ3n) is 3.28. The second-order valence-electron chi connectivity index (χ2n) is 4.84. The first kappa shape index (κ1) is 12.4. The van der Waals surface area contributed by atoms with Gasteiger partial charge in [-0.05, 0) is 37.8 Å². The van der Waals surface area contributed by atoms with Crippen LogP contribution in [0.5, 0.6) is 0 Å². The van der Waals surface area contributed by atoms with Crippen LogP contribution < -0.4 is 5.32 Å². The zero-order valence-corrected chi connectivity index (χ0v) is 11.3. The molecule has 0 radical (unpaired) electrons. The molecule has 1 aromatic rings. The molecule has 1 saturated heterocycles. The molecule has 2 amide bonds. The van der Waals surface area contributed by atoms with Crippen LogP contribution in [0.1, 0.15) is 29.5 Å². The van der Waals surface area contributed by atoms with E-state index in [-0.39, 0.29) is 6.03 Å². The fraction of sp³-hybridized carbons (Fsp3) is 0.615. The number of nitrogens with zero attached hydrogens (tertiary/aromatic N) is 1. The number of amides is 2. The lowest BCUT2D eigenvalue weighted by Gasteiger charge is -2.30. The largest absolute Gasteiger partial charge is 0.333 e. The van der Waals surface area contributed by atoms with Gasteiger partial charge in [-0.1, -0.05) is 6.92 Å². The van der Waals surface area contributed by atoms with Crippen LogP contribution in [0.4, 0.5) is 4.79 Å². The van der Waals surface area contributed by atoms with Crippen molar-refractivity contribution in [2.24, 2.45) is 5.92 Å². The molecular formula is C13H20N2OS. The average Bonchev–Trinajstić information content (AvgIpc) is 2.73. The summed E-state index contributed by atoms with van der Waals surface area (Å²) >= 11 is 1.74. The highest BCUT2D eigenvalue weighted by molar-refractivity contribution is 7.11. The summed E-state index contributed by atoms with van der Waals surface area (Å²) in [6.45, 7) is 6.79. The van der Waals surface area contributed by atoms with Crippen molar-refractivity contribution in [2.75, 3.05) is 13.1 Å². The third-order valence-corrected chi connectivity index (χ3v) is 4.28. The molecule has 0 spiro atoms. The van der Waals surface area contributed by atoms with E-state index in [1.165, 1.54) is 9.75 Å². The van der Waals surface area contributed by atoms with E-state index < -0.39 is 0 Å². The van der Waals surface area contributed by atoms with Gasteiger partial charge in [-0.15, -0.1) is 11.3 Å². The van der Waals surface area contributed by atoms with Crippen LogP contribution in [-0.4, -0.2) is 24.0 Å². The number of rotatable bonds is 2. The van der Waals surface area contributed by atoms with Crippen molar-refractivity contribution in [1.82, 2.24) is 10.2 Å². The molecule has 0 saturated carbocycles. The minimum absolute atomic E-state index is 0.0861. The van der Waals surface area contributed by atoms with Gasteiger partial charge in [-0.25, -0.2) is 4.79 Å². The van der Waals surface area contributed by atoms with Crippen molar-refractivity contribution in [3.05, 3.63) is 21.9 Å². The zero-order chi connectivity index (χ0) is 12.3. The number of hydrogen-bond donors (Lipinski definition) is 1. The molecule has 1 fully saturated rings. The Bertz CT molecular complexity index is 381. The number of hydrogen-bond acceptors (Lipinski definition) is 2. The highest BCUT2D eigenvalue weighted by atomic mass is 32.1. The SMILES string of the molecule is Cc1ccc(CNC(=O)N2CCC(C)CC2)s1. The van der Waals surface area contributed by atoms with Gasteiger partial charge in [0.25, 0.3) is 0 Å². The number of carbonyl (C=O) groups is 1. The number of likely N-dealkylation sites (tertiary alicyclic amines) is 1. The van der Waals surface area contributed by atoms with Crippen molar-refractivity contribution in [1.29, 1.82) is 0 Å². The van der Waals surface area contributed by atoms with E-state index in [2.05, 4.69) is 31.3 Å². The highest BCUT2D eigenvalue weighted by Crippen LogP contribution is 2.17. The summed E-state index contributed by atoms with van der Waals surface area (Å²) < 4.78 is 0. The maximum Gasteiger partial charge on any atom is 0.317 e. The smallest absolute Gasteiger partial charge is 0.317 e. The molecule has 2 rings (SSSR count). The van der Waals surface area contributed by atoms with Gasteiger partial charge in [0.2, 0.25) is 0 Å². The standard InChI is InChI=1S/C13H20N2OS/c1-10-5-7-15(8-6-10)13(16)14-9-12-4-3-11(2)17-12/h3-4,10H,5-9H2,1-2H3,(H,14,16). The molecular weight excluding hydrogens is 232 g/mol. The number of nitrogens with one attached hydrogen (secondary N) is 1. The van der Waals surface area contributed by atoms with E-state index in [9.17, 15) is 4.79 Å². The van der Waals surface area contributed by atoms with Gasteiger partial charge in [0.15, 0.2) is 0 Å². The molecule has 4 heteroatoms. The van der Waals surface area contributed by atoms with E-state index in [0.717, 1.165) is 31.8 Å². The van der Waals surface area contributed by atoms with Gasteiger partial charge >= 0.3 is 6.03 Å². The molecule has 1 aliphatic heterocycles. The normalized spacial score (nSPS) is 17.2. The van der Waals surface area contributed by atoms with E-state index >= 15 is 0 Å². The van der Waals surface area contributed by atoms with Gasteiger partial charge in [-0.2, -0.15) is 0 Å². The lowest BCUT2D eigenvalue weighted by molar-refractivity contribution is 0.173. The Morgan fingerprint density at radius 2 is 2.18 bits per heavy atom. The Labute approximate surface area is 107 Å². The van der Waals surface area contributed by atoms with Crippen LogP contribution in [0.3, 0.4) is 0 Å². The molecule has 0 atom stereocenters. The number of thiophene rings is 1. The first-order valence-corrected chi connectivity index (χ1v) is 7.05. The summed E-state index contributed by atoms with van der Waals surface area (Å²) in [5, 5.41) is 2.99. The first-order chi connectivity index (χ1) is 8.15. The molecule has 0 aliphatic carbocycles. The summed E-state index contributed by atoms with van der Waals surface area (Å²) in [5.74, 6) is 0.763. The maximum atomic E-state index is 11.9.